The first kappa shape index (κ1) is 19.4. The average molecular weight is 376 g/mol. The second kappa shape index (κ2) is 7.32. The zero-order chi connectivity index (χ0) is 19.9. The SMILES string of the molecule is CC(C)[C@@H]1CC[C@@H](C)C[C@H]1OC(=O)Cn1cnc2c1c(=O)n(C)c(=O)n2C. The van der Waals surface area contributed by atoms with Crippen LogP contribution in [0.25, 0.3) is 11.2 Å². The fourth-order valence-corrected chi connectivity index (χ4v) is 4.11. The van der Waals surface area contributed by atoms with Crippen molar-refractivity contribution in [3.63, 3.8) is 0 Å². The number of aromatic nitrogens is 4. The molecule has 0 saturated heterocycles. The number of aryl methyl sites for hydroxylation is 1. The van der Waals surface area contributed by atoms with E-state index in [-0.39, 0.29) is 29.8 Å². The summed E-state index contributed by atoms with van der Waals surface area (Å²) in [6, 6.07) is 0. The molecular formula is C19H28N4O4. The van der Waals surface area contributed by atoms with Crippen molar-refractivity contribution >= 4 is 17.1 Å². The Bertz CT molecular complexity index is 968. The number of fused-ring (bicyclic) bond motifs is 1. The van der Waals surface area contributed by atoms with E-state index in [0.717, 1.165) is 23.8 Å². The van der Waals surface area contributed by atoms with E-state index in [1.165, 1.54) is 22.5 Å². The summed E-state index contributed by atoms with van der Waals surface area (Å²) >= 11 is 0. The topological polar surface area (TPSA) is 88.1 Å². The Kier molecular flexibility index (Phi) is 5.26. The average Bonchev–Trinajstić information content (AvgIpc) is 3.01. The molecule has 2 heterocycles. The third kappa shape index (κ3) is 3.57. The van der Waals surface area contributed by atoms with Crippen LogP contribution in [0.4, 0.5) is 0 Å². The van der Waals surface area contributed by atoms with E-state index >= 15 is 0 Å². The maximum absolute atomic E-state index is 12.6. The summed E-state index contributed by atoms with van der Waals surface area (Å²) in [6.07, 6.45) is 4.41. The number of rotatable bonds is 4. The van der Waals surface area contributed by atoms with Crippen molar-refractivity contribution in [3.8, 4) is 0 Å². The van der Waals surface area contributed by atoms with Gasteiger partial charge < -0.3 is 9.30 Å². The number of nitrogens with zero attached hydrogens (tertiary/aromatic N) is 4. The molecule has 0 radical (unpaired) electrons. The van der Waals surface area contributed by atoms with Crippen molar-refractivity contribution in [1.82, 2.24) is 18.7 Å². The second-order valence-electron chi connectivity index (χ2n) is 8.10. The lowest BCUT2D eigenvalue weighted by atomic mass is 9.75. The van der Waals surface area contributed by atoms with Gasteiger partial charge in [0.05, 0.1) is 6.33 Å². The first-order valence-electron chi connectivity index (χ1n) is 9.51. The van der Waals surface area contributed by atoms with Crippen LogP contribution in [0.5, 0.6) is 0 Å². The number of carbonyl (C=O) groups excluding carboxylic acids is 1. The van der Waals surface area contributed by atoms with Gasteiger partial charge in [0, 0.05) is 14.1 Å². The molecule has 8 heteroatoms. The van der Waals surface area contributed by atoms with Crippen LogP contribution in [0.1, 0.15) is 40.0 Å². The number of hydrogen-bond acceptors (Lipinski definition) is 5. The molecule has 1 aliphatic carbocycles. The van der Waals surface area contributed by atoms with Crippen LogP contribution in [-0.2, 0) is 30.2 Å². The highest BCUT2D eigenvalue weighted by Crippen LogP contribution is 2.35. The Labute approximate surface area is 157 Å². The molecule has 0 N–H and O–H groups in total. The van der Waals surface area contributed by atoms with Gasteiger partial charge in [-0.05, 0) is 30.6 Å². The van der Waals surface area contributed by atoms with Crippen molar-refractivity contribution in [2.45, 2.75) is 52.7 Å². The lowest BCUT2D eigenvalue weighted by Crippen LogP contribution is -2.38. The Morgan fingerprint density at radius 1 is 1.26 bits per heavy atom. The van der Waals surface area contributed by atoms with Gasteiger partial charge in [-0.25, -0.2) is 9.78 Å². The Hall–Kier alpha value is -2.38. The molecule has 0 aromatic carbocycles. The number of ether oxygens (including phenoxy) is 1. The summed E-state index contributed by atoms with van der Waals surface area (Å²) in [5, 5.41) is 0. The summed E-state index contributed by atoms with van der Waals surface area (Å²) in [5.74, 6) is 0.966. The van der Waals surface area contributed by atoms with Crippen LogP contribution in [-0.4, -0.2) is 30.8 Å². The van der Waals surface area contributed by atoms with E-state index in [2.05, 4.69) is 25.8 Å². The molecule has 1 saturated carbocycles. The second-order valence-corrected chi connectivity index (χ2v) is 8.10. The van der Waals surface area contributed by atoms with Gasteiger partial charge in [0.1, 0.15) is 12.6 Å². The number of hydrogen-bond donors (Lipinski definition) is 0. The smallest absolute Gasteiger partial charge is 0.332 e. The lowest BCUT2D eigenvalue weighted by molar-refractivity contribution is -0.156. The van der Waals surface area contributed by atoms with Crippen molar-refractivity contribution in [3.05, 3.63) is 27.2 Å². The summed E-state index contributed by atoms with van der Waals surface area (Å²) in [4.78, 5) is 41.2. The van der Waals surface area contributed by atoms with E-state index in [1.54, 1.807) is 7.05 Å². The molecule has 2 aromatic rings. The molecule has 2 aromatic heterocycles. The summed E-state index contributed by atoms with van der Waals surface area (Å²) in [7, 11) is 2.97. The molecule has 148 valence electrons. The summed E-state index contributed by atoms with van der Waals surface area (Å²) < 4.78 is 9.60. The maximum Gasteiger partial charge on any atom is 0.332 e. The molecule has 8 nitrogen and oxygen atoms in total. The first-order valence-corrected chi connectivity index (χ1v) is 9.51. The van der Waals surface area contributed by atoms with Crippen LogP contribution >= 0.6 is 0 Å². The number of imidazole rings is 1. The van der Waals surface area contributed by atoms with E-state index in [9.17, 15) is 14.4 Å². The Balaban J connectivity index is 1.84. The van der Waals surface area contributed by atoms with Crippen LogP contribution in [0.3, 0.4) is 0 Å². The van der Waals surface area contributed by atoms with Crippen molar-refractivity contribution in [2.24, 2.45) is 31.8 Å². The van der Waals surface area contributed by atoms with Gasteiger partial charge in [-0.2, -0.15) is 0 Å². The zero-order valence-electron chi connectivity index (χ0n) is 16.6. The standard InChI is InChI=1S/C19H28N4O4/c1-11(2)13-7-6-12(3)8-14(13)27-15(24)9-23-10-20-17-16(23)18(25)22(5)19(26)21(17)4/h10-14H,6-9H2,1-5H3/t12-,13+,14-/m1/s1. The Morgan fingerprint density at radius 2 is 1.96 bits per heavy atom. The fourth-order valence-electron chi connectivity index (χ4n) is 4.11. The van der Waals surface area contributed by atoms with E-state index < -0.39 is 11.2 Å². The molecule has 27 heavy (non-hydrogen) atoms. The highest BCUT2D eigenvalue weighted by molar-refractivity contribution is 5.75. The first-order chi connectivity index (χ1) is 12.7. The number of carbonyl (C=O) groups is 1. The third-order valence-corrected chi connectivity index (χ3v) is 5.76. The molecular weight excluding hydrogens is 348 g/mol. The molecule has 0 unspecified atom stereocenters. The normalized spacial score (nSPS) is 23.1. The van der Waals surface area contributed by atoms with E-state index in [1.807, 2.05) is 0 Å². The van der Waals surface area contributed by atoms with Gasteiger partial charge in [-0.15, -0.1) is 0 Å². The van der Waals surface area contributed by atoms with Gasteiger partial charge in [-0.3, -0.25) is 18.7 Å². The van der Waals surface area contributed by atoms with Gasteiger partial charge in [0.25, 0.3) is 5.56 Å². The molecule has 0 aliphatic heterocycles. The minimum Gasteiger partial charge on any atom is -0.461 e. The molecule has 0 amide bonds. The molecule has 0 bridgehead atoms. The van der Waals surface area contributed by atoms with Crippen LogP contribution < -0.4 is 11.2 Å². The van der Waals surface area contributed by atoms with Crippen molar-refractivity contribution in [1.29, 1.82) is 0 Å². The molecule has 1 aliphatic rings. The minimum atomic E-state index is -0.468. The highest BCUT2D eigenvalue weighted by atomic mass is 16.5. The van der Waals surface area contributed by atoms with Gasteiger partial charge in [0.2, 0.25) is 0 Å². The monoisotopic (exact) mass is 376 g/mol. The van der Waals surface area contributed by atoms with Crippen molar-refractivity contribution < 1.29 is 9.53 Å². The molecule has 3 atom stereocenters. The quantitative estimate of drug-likeness (QED) is 0.754. The fraction of sp³-hybridized carbons (Fsp3) is 0.684. The van der Waals surface area contributed by atoms with Crippen LogP contribution in [0, 0.1) is 17.8 Å². The van der Waals surface area contributed by atoms with Crippen molar-refractivity contribution in [2.75, 3.05) is 0 Å². The largest absolute Gasteiger partial charge is 0.461 e. The minimum absolute atomic E-state index is 0.0942. The molecule has 1 fully saturated rings. The number of esters is 1. The predicted molar refractivity (Wildman–Crippen MR) is 101 cm³/mol. The van der Waals surface area contributed by atoms with Gasteiger partial charge >= 0.3 is 11.7 Å². The Morgan fingerprint density at radius 3 is 2.63 bits per heavy atom. The highest BCUT2D eigenvalue weighted by Gasteiger charge is 2.33. The summed E-state index contributed by atoms with van der Waals surface area (Å²) in [5.41, 5.74) is -0.419. The molecule has 0 spiro atoms. The summed E-state index contributed by atoms with van der Waals surface area (Å²) in [6.45, 7) is 6.41. The van der Waals surface area contributed by atoms with E-state index in [0.29, 0.717) is 17.8 Å². The molecule has 3 rings (SSSR count). The predicted octanol–water partition coefficient (Wildman–Crippen LogP) is 1.44. The third-order valence-electron chi connectivity index (χ3n) is 5.76. The van der Waals surface area contributed by atoms with Gasteiger partial charge in [0.15, 0.2) is 11.2 Å². The lowest BCUT2D eigenvalue weighted by Gasteiger charge is -2.36. The van der Waals surface area contributed by atoms with E-state index in [4.69, 9.17) is 4.74 Å². The van der Waals surface area contributed by atoms with Gasteiger partial charge in [-0.1, -0.05) is 27.2 Å². The van der Waals surface area contributed by atoms with Crippen LogP contribution in [0.15, 0.2) is 15.9 Å². The van der Waals surface area contributed by atoms with Crippen LogP contribution in [0.2, 0.25) is 0 Å². The maximum atomic E-state index is 12.6. The zero-order valence-corrected chi connectivity index (χ0v) is 16.6.